The molecule has 5 rings (SSSR count). The van der Waals surface area contributed by atoms with Gasteiger partial charge in [-0.25, -0.2) is 9.98 Å². The third-order valence-electron chi connectivity index (χ3n) is 5.78. The van der Waals surface area contributed by atoms with Crippen LogP contribution in [0.5, 0.6) is 11.5 Å². The van der Waals surface area contributed by atoms with Crippen LogP contribution in [0.25, 0.3) is 11.3 Å². The second-order valence-corrected chi connectivity index (χ2v) is 8.65. The van der Waals surface area contributed by atoms with E-state index in [1.54, 1.807) is 25.2 Å². The molecule has 9 heteroatoms. The molecule has 3 aromatic rings. The molecule has 0 saturated carbocycles. The van der Waals surface area contributed by atoms with Gasteiger partial charge < -0.3 is 15.2 Å². The molecule has 0 spiro atoms. The largest absolute Gasteiger partial charge is 0.454 e. The Morgan fingerprint density at radius 3 is 2.88 bits per heavy atom. The van der Waals surface area contributed by atoms with Gasteiger partial charge >= 0.3 is 0 Å². The molecular weight excluding hydrogens is 426 g/mol. The summed E-state index contributed by atoms with van der Waals surface area (Å²) in [5.74, 6) is 0.540. The summed E-state index contributed by atoms with van der Waals surface area (Å²) in [4.78, 5) is 24.3. The topological polar surface area (TPSA) is 114 Å². The number of aromatic nitrogens is 1. The van der Waals surface area contributed by atoms with E-state index < -0.39 is 11.5 Å². The number of carbonyl (C=O) groups is 1. The fourth-order valence-corrected chi connectivity index (χ4v) is 5.01. The zero-order valence-corrected chi connectivity index (χ0v) is 18.2. The van der Waals surface area contributed by atoms with E-state index in [9.17, 15) is 10.1 Å². The van der Waals surface area contributed by atoms with E-state index in [4.69, 9.17) is 25.2 Å². The summed E-state index contributed by atoms with van der Waals surface area (Å²) in [5, 5.41) is 11.8. The molecule has 2 N–H and O–H groups in total. The fourth-order valence-electron chi connectivity index (χ4n) is 4.04. The van der Waals surface area contributed by atoms with E-state index in [0.29, 0.717) is 27.8 Å². The first-order valence-electron chi connectivity index (χ1n) is 9.89. The molecule has 32 heavy (non-hydrogen) atoms. The van der Waals surface area contributed by atoms with E-state index >= 15 is 0 Å². The lowest BCUT2D eigenvalue weighted by Crippen LogP contribution is -2.52. The van der Waals surface area contributed by atoms with Crippen molar-refractivity contribution < 1.29 is 14.3 Å². The van der Waals surface area contributed by atoms with Crippen LogP contribution < -0.4 is 15.2 Å². The van der Waals surface area contributed by atoms with Crippen molar-refractivity contribution in [2.75, 3.05) is 13.8 Å². The van der Waals surface area contributed by atoms with Gasteiger partial charge in [0, 0.05) is 18.0 Å². The van der Waals surface area contributed by atoms with Gasteiger partial charge in [0.2, 0.25) is 12.7 Å². The summed E-state index contributed by atoms with van der Waals surface area (Å²) in [7, 11) is 1.61. The molecule has 8 nitrogen and oxygen atoms in total. The van der Waals surface area contributed by atoms with Crippen LogP contribution in [0.15, 0.2) is 52.8 Å². The van der Waals surface area contributed by atoms with Crippen molar-refractivity contribution in [3.8, 4) is 28.8 Å². The van der Waals surface area contributed by atoms with Crippen LogP contribution in [0.1, 0.15) is 29.0 Å². The molecule has 1 amide bonds. The molecule has 2 atom stereocenters. The number of carbonyl (C=O) groups excluding carboxylic acids is 1. The van der Waals surface area contributed by atoms with Crippen molar-refractivity contribution >= 4 is 23.2 Å². The van der Waals surface area contributed by atoms with Gasteiger partial charge in [-0.3, -0.25) is 9.69 Å². The number of nitriles is 1. The summed E-state index contributed by atoms with van der Waals surface area (Å²) in [6.07, 6.45) is 0. The Labute approximate surface area is 188 Å². The molecule has 0 radical (unpaired) electrons. The van der Waals surface area contributed by atoms with Crippen LogP contribution in [-0.2, 0) is 10.3 Å². The Morgan fingerprint density at radius 2 is 2.06 bits per heavy atom. The summed E-state index contributed by atoms with van der Waals surface area (Å²) in [5.41, 5.74) is 7.94. The normalized spacial score (nSPS) is 21.9. The average Bonchev–Trinajstić information content (AvgIpc) is 3.47. The quantitative estimate of drug-likeness (QED) is 0.662. The number of nitrogens with zero attached hydrogens (tertiary/aromatic N) is 4. The number of nitrogens with two attached hydrogens (primary N) is 1. The highest BCUT2D eigenvalue weighted by Gasteiger charge is 2.49. The number of benzene rings is 2. The van der Waals surface area contributed by atoms with Crippen molar-refractivity contribution in [3.63, 3.8) is 0 Å². The highest BCUT2D eigenvalue weighted by atomic mass is 32.1. The minimum absolute atomic E-state index is 0.137. The van der Waals surface area contributed by atoms with Gasteiger partial charge in [-0.15, -0.1) is 11.3 Å². The van der Waals surface area contributed by atoms with Crippen molar-refractivity contribution in [2.24, 2.45) is 10.7 Å². The predicted molar refractivity (Wildman–Crippen MR) is 119 cm³/mol. The first-order chi connectivity index (χ1) is 15.4. The molecule has 0 bridgehead atoms. The fraction of sp³-hybridized carbons (Fsp3) is 0.217. The SMILES string of the molecule is CN1C(=O)[C@@H](c2ccc3c(c2)OCO3)[C@@](C)(c2nc(-c3cccc(C#N)c3)cs2)N=C1N. The number of likely N-dealkylation sites (N-methyl/N-ethyl adjacent to an activating group) is 1. The Balaban J connectivity index is 1.62. The molecule has 2 aromatic carbocycles. The molecule has 2 aliphatic heterocycles. The Hall–Kier alpha value is -3.90. The van der Waals surface area contributed by atoms with Crippen molar-refractivity contribution in [1.82, 2.24) is 9.88 Å². The first kappa shape index (κ1) is 20.0. The number of guanidine groups is 1. The second kappa shape index (κ2) is 7.35. The van der Waals surface area contributed by atoms with E-state index in [-0.39, 0.29) is 18.7 Å². The number of thiazole rings is 1. The van der Waals surface area contributed by atoms with Crippen LogP contribution in [0.3, 0.4) is 0 Å². The zero-order chi connectivity index (χ0) is 22.5. The maximum absolute atomic E-state index is 13.4. The van der Waals surface area contributed by atoms with Crippen LogP contribution in [-0.4, -0.2) is 35.6 Å². The van der Waals surface area contributed by atoms with Gasteiger partial charge in [0.25, 0.3) is 0 Å². The lowest BCUT2D eigenvalue weighted by molar-refractivity contribution is -0.130. The lowest BCUT2D eigenvalue weighted by Gasteiger charge is -2.39. The minimum atomic E-state index is -1.02. The number of amides is 1. The average molecular weight is 446 g/mol. The van der Waals surface area contributed by atoms with Gasteiger partial charge in [-0.1, -0.05) is 18.2 Å². The number of fused-ring (bicyclic) bond motifs is 1. The van der Waals surface area contributed by atoms with Gasteiger partial charge in [-0.05, 0) is 36.8 Å². The van der Waals surface area contributed by atoms with Crippen LogP contribution in [0, 0.1) is 11.3 Å². The maximum atomic E-state index is 13.4. The van der Waals surface area contributed by atoms with Crippen LogP contribution >= 0.6 is 11.3 Å². The molecule has 2 aliphatic rings. The van der Waals surface area contributed by atoms with Crippen LogP contribution in [0.2, 0.25) is 0 Å². The molecule has 0 saturated heterocycles. The highest BCUT2D eigenvalue weighted by Crippen LogP contribution is 2.47. The van der Waals surface area contributed by atoms with E-state index in [2.05, 4.69) is 6.07 Å². The number of rotatable bonds is 3. The summed E-state index contributed by atoms with van der Waals surface area (Å²) >= 11 is 1.41. The minimum Gasteiger partial charge on any atom is -0.454 e. The van der Waals surface area contributed by atoms with Gasteiger partial charge in [-0.2, -0.15) is 5.26 Å². The molecule has 0 aliphatic carbocycles. The van der Waals surface area contributed by atoms with E-state index in [1.165, 1.54) is 16.2 Å². The zero-order valence-electron chi connectivity index (χ0n) is 17.4. The summed E-state index contributed by atoms with van der Waals surface area (Å²) in [6.45, 7) is 2.02. The molecular formula is C23H19N5O3S. The third kappa shape index (κ3) is 3.08. The van der Waals surface area contributed by atoms with Crippen molar-refractivity contribution in [3.05, 3.63) is 64.0 Å². The summed E-state index contributed by atoms with van der Waals surface area (Å²) in [6, 6.07) is 14.9. The molecule has 0 fully saturated rings. The molecule has 160 valence electrons. The first-order valence-corrected chi connectivity index (χ1v) is 10.8. The highest BCUT2D eigenvalue weighted by molar-refractivity contribution is 7.10. The van der Waals surface area contributed by atoms with Crippen molar-refractivity contribution in [1.29, 1.82) is 5.26 Å². The number of ether oxygens (including phenoxy) is 2. The number of hydrogen-bond donors (Lipinski definition) is 1. The van der Waals surface area contributed by atoms with Gasteiger partial charge in [0.05, 0.1) is 23.2 Å². The predicted octanol–water partition coefficient (Wildman–Crippen LogP) is 3.20. The molecule has 0 unspecified atom stereocenters. The third-order valence-corrected chi connectivity index (χ3v) is 6.85. The molecule has 3 heterocycles. The van der Waals surface area contributed by atoms with Crippen molar-refractivity contribution in [2.45, 2.75) is 18.4 Å². The number of hydrogen-bond acceptors (Lipinski definition) is 8. The second-order valence-electron chi connectivity index (χ2n) is 7.79. The smallest absolute Gasteiger partial charge is 0.239 e. The van der Waals surface area contributed by atoms with E-state index in [1.807, 2.05) is 36.6 Å². The Bertz CT molecular complexity index is 1310. The summed E-state index contributed by atoms with van der Waals surface area (Å²) < 4.78 is 10.9. The van der Waals surface area contributed by atoms with Gasteiger partial charge in [0.1, 0.15) is 10.5 Å². The van der Waals surface area contributed by atoms with Crippen LogP contribution in [0.4, 0.5) is 0 Å². The molecule has 1 aromatic heterocycles. The standard InChI is InChI=1S/C23H19N5O3S/c1-23(21-26-16(11-32-21)14-5-3-4-13(8-14)10-24)19(20(29)28(2)22(25)27-23)15-6-7-17-18(9-15)31-12-30-17/h3-9,11,19H,12H2,1-2H3,(H2,25,27)/t19-,23+/m1/s1. The van der Waals surface area contributed by atoms with Gasteiger partial charge in [0.15, 0.2) is 17.5 Å². The van der Waals surface area contributed by atoms with E-state index in [0.717, 1.165) is 11.1 Å². The monoisotopic (exact) mass is 445 g/mol. The maximum Gasteiger partial charge on any atom is 0.239 e. The Morgan fingerprint density at radius 1 is 1.25 bits per heavy atom. The lowest BCUT2D eigenvalue weighted by atomic mass is 9.79. The Kier molecular flexibility index (Phi) is 4.60. The number of aliphatic imine (C=N–C) groups is 1.